The molecule has 2 aromatic heterocycles. The molecule has 1 saturated carbocycles. The first kappa shape index (κ1) is 24.0. The molecule has 182 valence electrons. The Labute approximate surface area is 202 Å². The van der Waals surface area contributed by atoms with Crippen LogP contribution < -0.4 is 20.7 Å². The number of carbonyl (C=O) groups is 2. The highest BCUT2D eigenvalue weighted by molar-refractivity contribution is 6.10. The molecule has 1 fully saturated rings. The molecule has 4 N–H and O–H groups in total. The van der Waals surface area contributed by atoms with Gasteiger partial charge in [-0.05, 0) is 44.9 Å². The average Bonchev–Trinajstić information content (AvgIpc) is 3.69. The van der Waals surface area contributed by atoms with E-state index in [-0.39, 0.29) is 35.3 Å². The Morgan fingerprint density at radius 1 is 1.14 bits per heavy atom. The summed E-state index contributed by atoms with van der Waals surface area (Å²) >= 11 is 0. The van der Waals surface area contributed by atoms with Crippen LogP contribution in [0.2, 0.25) is 0 Å². The number of benzene rings is 1. The van der Waals surface area contributed by atoms with E-state index < -0.39 is 17.4 Å². The number of aliphatic hydroxyl groups is 1. The molecule has 2 heterocycles. The number of amides is 2. The van der Waals surface area contributed by atoms with Crippen LogP contribution in [0.4, 0.5) is 17.2 Å². The molecule has 1 aromatic carbocycles. The van der Waals surface area contributed by atoms with E-state index in [1.165, 1.54) is 19.4 Å². The molecule has 0 radical (unpaired) electrons. The van der Waals surface area contributed by atoms with Gasteiger partial charge in [0.25, 0.3) is 11.8 Å². The van der Waals surface area contributed by atoms with Crippen LogP contribution in [0, 0.1) is 0 Å². The Balaban J connectivity index is 1.63. The Kier molecular flexibility index (Phi) is 6.87. The second-order valence-corrected chi connectivity index (χ2v) is 8.86. The van der Waals surface area contributed by atoms with Gasteiger partial charge in [-0.3, -0.25) is 9.59 Å². The van der Waals surface area contributed by atoms with E-state index in [2.05, 4.69) is 35.9 Å². The molecule has 3 aromatic rings. The largest absolute Gasteiger partial charge is 0.491 e. The summed E-state index contributed by atoms with van der Waals surface area (Å²) in [5.74, 6) is -0.0305. The fraction of sp³-hybridized carbons (Fsp3) is 0.333. The van der Waals surface area contributed by atoms with Crippen LogP contribution in [-0.4, -0.2) is 56.1 Å². The third-order valence-corrected chi connectivity index (χ3v) is 5.13. The SMILES string of the molecule is CNC(=O)c1cc(OCC(C)(C)O)ccc1NC(=O)c1nc(C2CC2)cnc1Nc1cncnc1. The first-order chi connectivity index (χ1) is 16.7. The first-order valence-electron chi connectivity index (χ1n) is 11.1. The maximum atomic E-state index is 13.3. The fourth-order valence-corrected chi connectivity index (χ4v) is 3.21. The van der Waals surface area contributed by atoms with Crippen molar-refractivity contribution in [1.82, 2.24) is 25.3 Å². The lowest BCUT2D eigenvalue weighted by atomic mass is 10.1. The van der Waals surface area contributed by atoms with Crippen LogP contribution in [0.15, 0.2) is 43.1 Å². The van der Waals surface area contributed by atoms with Gasteiger partial charge in [-0.25, -0.2) is 19.9 Å². The number of nitrogens with one attached hydrogen (secondary N) is 3. The van der Waals surface area contributed by atoms with Crippen molar-refractivity contribution in [2.45, 2.75) is 38.2 Å². The van der Waals surface area contributed by atoms with Crippen LogP contribution in [-0.2, 0) is 0 Å². The van der Waals surface area contributed by atoms with Crippen molar-refractivity contribution in [1.29, 1.82) is 0 Å². The molecule has 0 aliphatic heterocycles. The molecule has 4 rings (SSSR count). The van der Waals surface area contributed by atoms with Gasteiger partial charge in [0.15, 0.2) is 11.5 Å². The zero-order valence-electron chi connectivity index (χ0n) is 19.7. The van der Waals surface area contributed by atoms with Crippen molar-refractivity contribution in [2.24, 2.45) is 0 Å². The molecule has 1 aliphatic carbocycles. The molecule has 0 bridgehead atoms. The highest BCUT2D eigenvalue weighted by Crippen LogP contribution is 2.39. The van der Waals surface area contributed by atoms with E-state index in [0.717, 1.165) is 18.5 Å². The number of carbonyl (C=O) groups excluding carboxylic acids is 2. The molecular weight excluding hydrogens is 450 g/mol. The minimum Gasteiger partial charge on any atom is -0.491 e. The Bertz CT molecular complexity index is 1220. The normalized spacial score (nSPS) is 13.1. The van der Waals surface area contributed by atoms with Crippen molar-refractivity contribution in [3.8, 4) is 5.75 Å². The second-order valence-electron chi connectivity index (χ2n) is 8.86. The van der Waals surface area contributed by atoms with Crippen LogP contribution >= 0.6 is 0 Å². The van der Waals surface area contributed by atoms with E-state index >= 15 is 0 Å². The zero-order chi connectivity index (χ0) is 25.0. The third kappa shape index (κ3) is 6.27. The van der Waals surface area contributed by atoms with Crippen molar-refractivity contribution < 1.29 is 19.4 Å². The molecular formula is C24H27N7O4. The van der Waals surface area contributed by atoms with E-state index in [9.17, 15) is 14.7 Å². The van der Waals surface area contributed by atoms with Crippen LogP contribution in [0.25, 0.3) is 0 Å². The average molecular weight is 478 g/mol. The van der Waals surface area contributed by atoms with Gasteiger partial charge in [-0.2, -0.15) is 0 Å². The van der Waals surface area contributed by atoms with E-state index in [4.69, 9.17) is 4.74 Å². The van der Waals surface area contributed by atoms with Crippen LogP contribution in [0.5, 0.6) is 5.75 Å². The minimum atomic E-state index is -1.04. The number of anilines is 3. The third-order valence-electron chi connectivity index (χ3n) is 5.13. The smallest absolute Gasteiger partial charge is 0.278 e. The van der Waals surface area contributed by atoms with E-state index in [1.54, 1.807) is 44.6 Å². The Hall–Kier alpha value is -4.12. The summed E-state index contributed by atoms with van der Waals surface area (Å²) in [4.78, 5) is 42.8. The van der Waals surface area contributed by atoms with E-state index in [0.29, 0.717) is 11.4 Å². The Morgan fingerprint density at radius 2 is 1.89 bits per heavy atom. The highest BCUT2D eigenvalue weighted by Gasteiger charge is 2.28. The summed E-state index contributed by atoms with van der Waals surface area (Å²) in [7, 11) is 1.49. The van der Waals surface area contributed by atoms with Crippen molar-refractivity contribution in [3.05, 3.63) is 60.1 Å². The quantitative estimate of drug-likeness (QED) is 0.364. The summed E-state index contributed by atoms with van der Waals surface area (Å²) in [6, 6.07) is 4.69. The fourth-order valence-electron chi connectivity index (χ4n) is 3.21. The van der Waals surface area contributed by atoms with Gasteiger partial charge >= 0.3 is 0 Å². The Morgan fingerprint density at radius 3 is 2.54 bits per heavy atom. The van der Waals surface area contributed by atoms with Crippen LogP contribution in [0.1, 0.15) is 59.1 Å². The van der Waals surface area contributed by atoms with Gasteiger partial charge in [-0.15, -0.1) is 0 Å². The van der Waals surface area contributed by atoms with Gasteiger partial charge in [-0.1, -0.05) is 0 Å². The molecule has 1 aliphatic rings. The summed E-state index contributed by atoms with van der Waals surface area (Å²) in [5, 5.41) is 18.3. The molecule has 0 saturated heterocycles. The molecule has 11 nitrogen and oxygen atoms in total. The molecule has 2 amide bonds. The number of hydrogen-bond acceptors (Lipinski definition) is 9. The molecule has 0 atom stereocenters. The lowest BCUT2D eigenvalue weighted by molar-refractivity contribution is 0.0285. The lowest BCUT2D eigenvalue weighted by Gasteiger charge is -2.19. The number of rotatable bonds is 9. The summed E-state index contributed by atoms with van der Waals surface area (Å²) in [6.45, 7) is 3.27. The first-order valence-corrected chi connectivity index (χ1v) is 11.1. The van der Waals surface area contributed by atoms with Gasteiger partial charge in [0.05, 0.1) is 46.8 Å². The highest BCUT2D eigenvalue weighted by atomic mass is 16.5. The van der Waals surface area contributed by atoms with Gasteiger partial charge in [0.2, 0.25) is 0 Å². The number of aromatic nitrogens is 4. The second kappa shape index (κ2) is 10.0. The van der Waals surface area contributed by atoms with Crippen LogP contribution in [0.3, 0.4) is 0 Å². The van der Waals surface area contributed by atoms with E-state index in [1.807, 2.05) is 0 Å². The monoisotopic (exact) mass is 477 g/mol. The van der Waals surface area contributed by atoms with Gasteiger partial charge < -0.3 is 25.8 Å². The van der Waals surface area contributed by atoms with Crippen molar-refractivity contribution >= 4 is 29.0 Å². The molecule has 0 spiro atoms. The zero-order valence-corrected chi connectivity index (χ0v) is 19.7. The maximum absolute atomic E-state index is 13.3. The lowest BCUT2D eigenvalue weighted by Crippen LogP contribution is -2.28. The topological polar surface area (TPSA) is 151 Å². The summed E-state index contributed by atoms with van der Waals surface area (Å²) in [5.41, 5.74) is 0.812. The van der Waals surface area contributed by atoms with Crippen molar-refractivity contribution in [3.63, 3.8) is 0 Å². The molecule has 0 unspecified atom stereocenters. The van der Waals surface area contributed by atoms with Crippen molar-refractivity contribution in [2.75, 3.05) is 24.3 Å². The standard InChI is InChI=1S/C24H27N7O4/c1-24(2,34)12-35-16-6-7-18(17(8-16)22(32)25-3)31-23(33)20-21(29-15-9-26-13-27-10-15)28-11-19(30-20)14-4-5-14/h6-11,13-14,34H,4-5,12H2,1-3H3,(H,25,32)(H,28,29)(H,31,33). The molecule has 35 heavy (non-hydrogen) atoms. The van der Waals surface area contributed by atoms with Gasteiger partial charge in [0, 0.05) is 13.0 Å². The number of nitrogens with zero attached hydrogens (tertiary/aromatic N) is 4. The summed E-state index contributed by atoms with van der Waals surface area (Å²) < 4.78 is 5.60. The van der Waals surface area contributed by atoms with Gasteiger partial charge in [0.1, 0.15) is 18.7 Å². The minimum absolute atomic E-state index is 0.0354. The molecule has 11 heteroatoms. The maximum Gasteiger partial charge on any atom is 0.278 e. The number of ether oxygens (including phenoxy) is 1. The predicted octanol–water partition coefficient (Wildman–Crippen LogP) is 2.65. The summed E-state index contributed by atoms with van der Waals surface area (Å²) in [6.07, 6.45) is 8.17. The predicted molar refractivity (Wildman–Crippen MR) is 129 cm³/mol. The number of hydrogen-bond donors (Lipinski definition) is 4.